The van der Waals surface area contributed by atoms with Crippen LogP contribution in [-0.4, -0.2) is 35.7 Å². The Hall–Kier alpha value is -2.83. The molecule has 0 fully saturated rings. The summed E-state index contributed by atoms with van der Waals surface area (Å²) in [7, 11) is 3.50. The normalized spacial score (nSPS) is 10.9. The van der Waals surface area contributed by atoms with Crippen LogP contribution >= 0.6 is 23.1 Å². The van der Waals surface area contributed by atoms with Gasteiger partial charge >= 0.3 is 0 Å². The second-order valence-corrected chi connectivity index (χ2v) is 8.90. The predicted molar refractivity (Wildman–Crippen MR) is 125 cm³/mol. The van der Waals surface area contributed by atoms with Crippen molar-refractivity contribution >= 4 is 39.9 Å². The van der Waals surface area contributed by atoms with Gasteiger partial charge in [0.2, 0.25) is 5.91 Å². The van der Waals surface area contributed by atoms with Crippen LogP contribution < -0.4 is 4.74 Å². The van der Waals surface area contributed by atoms with Gasteiger partial charge in [-0.15, -0.1) is 11.3 Å². The summed E-state index contributed by atoms with van der Waals surface area (Å²) in [5, 5.41) is 3.92. The van der Waals surface area contributed by atoms with Gasteiger partial charge in [-0.1, -0.05) is 48.2 Å². The number of pyridine rings is 1. The lowest BCUT2D eigenvalue weighted by molar-refractivity contribution is -0.127. The summed E-state index contributed by atoms with van der Waals surface area (Å²) in [5.74, 6) is 1.20. The highest BCUT2D eigenvalue weighted by atomic mass is 32.2. The van der Waals surface area contributed by atoms with E-state index < -0.39 is 0 Å². The van der Waals surface area contributed by atoms with Gasteiger partial charge in [0, 0.05) is 23.4 Å². The third-order valence-electron chi connectivity index (χ3n) is 4.82. The highest BCUT2D eigenvalue weighted by molar-refractivity contribution is 7.99. The Morgan fingerprint density at radius 2 is 1.93 bits per heavy atom. The molecule has 0 aliphatic rings. The number of thiophene rings is 1. The van der Waals surface area contributed by atoms with E-state index in [9.17, 15) is 4.79 Å². The minimum atomic E-state index is 0.0854. The monoisotopic (exact) mass is 434 g/mol. The van der Waals surface area contributed by atoms with Crippen molar-refractivity contribution < 1.29 is 9.53 Å². The number of rotatable bonds is 7. The highest BCUT2D eigenvalue weighted by Crippen LogP contribution is 2.33. The van der Waals surface area contributed by atoms with Gasteiger partial charge in [-0.05, 0) is 40.8 Å². The molecule has 0 saturated heterocycles. The summed E-state index contributed by atoms with van der Waals surface area (Å²) in [6, 6.07) is 22.3. The van der Waals surface area contributed by atoms with Gasteiger partial charge in [-0.3, -0.25) is 4.79 Å². The molecule has 0 unspecified atom stereocenters. The fraction of sp³-hybridized carbons (Fsp3) is 0.167. The molecule has 0 atom stereocenters. The predicted octanol–water partition coefficient (Wildman–Crippen LogP) is 5.72. The van der Waals surface area contributed by atoms with E-state index in [1.807, 2.05) is 61.0 Å². The topological polar surface area (TPSA) is 42.4 Å². The first-order valence-electron chi connectivity index (χ1n) is 9.57. The number of aromatic nitrogens is 1. The van der Waals surface area contributed by atoms with Crippen molar-refractivity contribution in [2.45, 2.75) is 11.6 Å². The van der Waals surface area contributed by atoms with Crippen LogP contribution in [0.1, 0.15) is 4.88 Å². The maximum atomic E-state index is 12.6. The molecule has 4 aromatic rings. The SMILES string of the molecule is COc1ccc2c(-c3ccccc3)cc(SCC(=O)N(C)Cc3cccs3)nc2c1. The maximum Gasteiger partial charge on any atom is 0.233 e. The van der Waals surface area contributed by atoms with E-state index in [1.165, 1.54) is 16.6 Å². The van der Waals surface area contributed by atoms with Gasteiger partial charge in [0.05, 0.1) is 30.0 Å². The zero-order chi connectivity index (χ0) is 20.9. The number of benzene rings is 2. The molecule has 2 heterocycles. The fourth-order valence-electron chi connectivity index (χ4n) is 3.21. The summed E-state index contributed by atoms with van der Waals surface area (Å²) >= 11 is 3.13. The number of hydrogen-bond donors (Lipinski definition) is 0. The van der Waals surface area contributed by atoms with E-state index in [-0.39, 0.29) is 5.91 Å². The standard InChI is InChI=1S/C24H22N2O2S2/c1-26(15-19-9-6-12-29-19)24(27)16-30-23-14-21(17-7-4-3-5-8-17)20-11-10-18(28-2)13-22(20)25-23/h3-14H,15-16H2,1-2H3. The van der Waals surface area contributed by atoms with Gasteiger partial charge < -0.3 is 9.64 Å². The average Bonchev–Trinajstić information content (AvgIpc) is 3.30. The van der Waals surface area contributed by atoms with Gasteiger partial charge in [0.25, 0.3) is 0 Å². The maximum absolute atomic E-state index is 12.6. The Morgan fingerprint density at radius 3 is 2.67 bits per heavy atom. The van der Waals surface area contributed by atoms with Crippen molar-refractivity contribution in [2.24, 2.45) is 0 Å². The van der Waals surface area contributed by atoms with Crippen LogP contribution in [0.5, 0.6) is 5.75 Å². The molecule has 0 saturated carbocycles. The zero-order valence-electron chi connectivity index (χ0n) is 16.9. The van der Waals surface area contributed by atoms with E-state index in [0.29, 0.717) is 12.3 Å². The summed E-state index contributed by atoms with van der Waals surface area (Å²) in [4.78, 5) is 20.4. The molecule has 2 aromatic carbocycles. The molecule has 0 spiro atoms. The van der Waals surface area contributed by atoms with Crippen molar-refractivity contribution in [3.05, 3.63) is 77.0 Å². The van der Waals surface area contributed by atoms with Gasteiger partial charge in [0.1, 0.15) is 5.75 Å². The Labute approximate surface area is 184 Å². The average molecular weight is 435 g/mol. The first kappa shape index (κ1) is 20.4. The molecule has 30 heavy (non-hydrogen) atoms. The number of carbonyl (C=O) groups excluding carboxylic acids is 1. The Morgan fingerprint density at radius 1 is 1.10 bits per heavy atom. The molecule has 2 aromatic heterocycles. The number of fused-ring (bicyclic) bond motifs is 1. The van der Waals surface area contributed by atoms with E-state index in [0.717, 1.165) is 32.8 Å². The third-order valence-corrected chi connectivity index (χ3v) is 6.58. The quantitative estimate of drug-likeness (QED) is 0.349. The number of hydrogen-bond acceptors (Lipinski definition) is 5. The lowest BCUT2D eigenvalue weighted by Crippen LogP contribution is -2.27. The minimum absolute atomic E-state index is 0.0854. The van der Waals surface area contributed by atoms with Crippen LogP contribution in [0.3, 0.4) is 0 Å². The molecule has 152 valence electrons. The van der Waals surface area contributed by atoms with E-state index in [4.69, 9.17) is 9.72 Å². The van der Waals surface area contributed by atoms with Crippen LogP contribution in [0.25, 0.3) is 22.0 Å². The second-order valence-electron chi connectivity index (χ2n) is 6.87. The molecule has 1 amide bonds. The van der Waals surface area contributed by atoms with E-state index in [1.54, 1.807) is 23.3 Å². The number of nitrogens with zero attached hydrogens (tertiary/aromatic N) is 2. The fourth-order valence-corrected chi connectivity index (χ4v) is 4.82. The summed E-state index contributed by atoms with van der Waals surface area (Å²) < 4.78 is 5.38. The van der Waals surface area contributed by atoms with Gasteiger partial charge in [0.15, 0.2) is 0 Å². The molecule has 4 nitrogen and oxygen atoms in total. The largest absolute Gasteiger partial charge is 0.497 e. The Balaban J connectivity index is 1.59. The van der Waals surface area contributed by atoms with Gasteiger partial charge in [-0.25, -0.2) is 4.98 Å². The number of amides is 1. The lowest BCUT2D eigenvalue weighted by atomic mass is 10.0. The van der Waals surface area contributed by atoms with Crippen molar-refractivity contribution in [1.82, 2.24) is 9.88 Å². The van der Waals surface area contributed by atoms with Crippen molar-refractivity contribution in [3.8, 4) is 16.9 Å². The number of carbonyl (C=O) groups is 1. The van der Waals surface area contributed by atoms with Crippen LogP contribution in [-0.2, 0) is 11.3 Å². The molecule has 0 bridgehead atoms. The molecular formula is C24H22N2O2S2. The minimum Gasteiger partial charge on any atom is -0.497 e. The van der Waals surface area contributed by atoms with Crippen LogP contribution in [0.2, 0.25) is 0 Å². The Bertz CT molecular complexity index is 1140. The van der Waals surface area contributed by atoms with Crippen molar-refractivity contribution in [1.29, 1.82) is 0 Å². The summed E-state index contributed by atoms with van der Waals surface area (Å²) in [5.41, 5.74) is 3.08. The zero-order valence-corrected chi connectivity index (χ0v) is 18.5. The van der Waals surface area contributed by atoms with Crippen molar-refractivity contribution in [2.75, 3.05) is 19.9 Å². The number of ether oxygens (including phenoxy) is 1. The smallest absolute Gasteiger partial charge is 0.233 e. The van der Waals surface area contributed by atoms with Crippen LogP contribution in [0, 0.1) is 0 Å². The molecule has 0 aliphatic heterocycles. The molecule has 0 aliphatic carbocycles. The third kappa shape index (κ3) is 4.66. The van der Waals surface area contributed by atoms with Gasteiger partial charge in [-0.2, -0.15) is 0 Å². The first-order valence-corrected chi connectivity index (χ1v) is 11.4. The van der Waals surface area contributed by atoms with Crippen LogP contribution in [0.4, 0.5) is 0 Å². The second kappa shape index (κ2) is 9.32. The molecule has 6 heteroatoms. The molecular weight excluding hydrogens is 412 g/mol. The van der Waals surface area contributed by atoms with Crippen molar-refractivity contribution in [3.63, 3.8) is 0 Å². The molecule has 0 radical (unpaired) electrons. The summed E-state index contributed by atoms with van der Waals surface area (Å²) in [6.45, 7) is 0.634. The van der Waals surface area contributed by atoms with E-state index in [2.05, 4.69) is 18.2 Å². The number of methoxy groups -OCH3 is 1. The first-order chi connectivity index (χ1) is 14.6. The highest BCUT2D eigenvalue weighted by Gasteiger charge is 2.14. The summed E-state index contributed by atoms with van der Waals surface area (Å²) in [6.07, 6.45) is 0. The van der Waals surface area contributed by atoms with Crippen LogP contribution in [0.15, 0.2) is 77.1 Å². The molecule has 4 rings (SSSR count). The lowest BCUT2D eigenvalue weighted by Gasteiger charge is -2.16. The Kier molecular flexibility index (Phi) is 6.35. The van der Waals surface area contributed by atoms with E-state index >= 15 is 0 Å². The number of thioether (sulfide) groups is 1. The molecule has 0 N–H and O–H groups in total.